The SMILES string of the molecule is COc1ccc(S(=O)(=O)N2CCC[C@@H](C(=O)Nc3ccc(F)c(F)c3)C2)cc1. The van der Waals surface area contributed by atoms with E-state index in [1.807, 2.05) is 0 Å². The molecule has 9 heteroatoms. The minimum atomic E-state index is -3.75. The third-order valence-corrected chi connectivity index (χ3v) is 6.52. The van der Waals surface area contributed by atoms with Gasteiger partial charge in [-0.25, -0.2) is 17.2 Å². The number of nitrogens with zero attached hydrogens (tertiary/aromatic N) is 1. The summed E-state index contributed by atoms with van der Waals surface area (Å²) in [5, 5.41) is 2.52. The summed E-state index contributed by atoms with van der Waals surface area (Å²) in [6.07, 6.45) is 1.02. The van der Waals surface area contributed by atoms with Crippen molar-refractivity contribution >= 4 is 21.6 Å². The molecule has 28 heavy (non-hydrogen) atoms. The first-order chi connectivity index (χ1) is 13.3. The zero-order chi connectivity index (χ0) is 20.3. The number of nitrogens with one attached hydrogen (secondary N) is 1. The van der Waals surface area contributed by atoms with Crippen molar-refractivity contribution in [3.8, 4) is 5.75 Å². The Kier molecular flexibility index (Phi) is 5.95. The van der Waals surface area contributed by atoms with E-state index in [0.29, 0.717) is 25.1 Å². The van der Waals surface area contributed by atoms with Gasteiger partial charge in [0, 0.05) is 24.8 Å². The summed E-state index contributed by atoms with van der Waals surface area (Å²) >= 11 is 0. The van der Waals surface area contributed by atoms with Crippen molar-refractivity contribution in [3.63, 3.8) is 0 Å². The van der Waals surface area contributed by atoms with Crippen LogP contribution in [-0.2, 0) is 14.8 Å². The van der Waals surface area contributed by atoms with Gasteiger partial charge in [-0.15, -0.1) is 0 Å². The van der Waals surface area contributed by atoms with Crippen molar-refractivity contribution in [2.75, 3.05) is 25.5 Å². The Labute approximate surface area is 162 Å². The van der Waals surface area contributed by atoms with Gasteiger partial charge in [-0.3, -0.25) is 4.79 Å². The first kappa shape index (κ1) is 20.2. The van der Waals surface area contributed by atoms with Crippen LogP contribution in [0.4, 0.5) is 14.5 Å². The summed E-state index contributed by atoms with van der Waals surface area (Å²) in [7, 11) is -2.26. The number of anilines is 1. The fourth-order valence-corrected chi connectivity index (χ4v) is 4.61. The van der Waals surface area contributed by atoms with Crippen molar-refractivity contribution < 1.29 is 26.7 Å². The summed E-state index contributed by atoms with van der Waals surface area (Å²) in [6, 6.07) is 9.10. The van der Waals surface area contributed by atoms with Gasteiger partial charge in [0.05, 0.1) is 17.9 Å². The molecule has 2 aromatic rings. The van der Waals surface area contributed by atoms with Gasteiger partial charge in [0.15, 0.2) is 11.6 Å². The lowest BCUT2D eigenvalue weighted by Gasteiger charge is -2.31. The topological polar surface area (TPSA) is 75.7 Å². The summed E-state index contributed by atoms with van der Waals surface area (Å²) in [5.41, 5.74) is 0.124. The first-order valence-electron chi connectivity index (χ1n) is 8.71. The van der Waals surface area contributed by atoms with Crippen LogP contribution in [0.3, 0.4) is 0 Å². The number of sulfonamides is 1. The summed E-state index contributed by atoms with van der Waals surface area (Å²) in [4.78, 5) is 12.6. The van der Waals surface area contributed by atoms with E-state index in [9.17, 15) is 22.0 Å². The van der Waals surface area contributed by atoms with Gasteiger partial charge >= 0.3 is 0 Å². The minimum Gasteiger partial charge on any atom is -0.497 e. The summed E-state index contributed by atoms with van der Waals surface area (Å²) in [6.45, 7) is 0.327. The molecule has 1 amide bonds. The number of ether oxygens (including phenoxy) is 1. The highest BCUT2D eigenvalue weighted by Crippen LogP contribution is 2.26. The fourth-order valence-electron chi connectivity index (χ4n) is 3.09. The molecule has 0 aliphatic carbocycles. The van der Waals surface area contributed by atoms with Crippen LogP contribution in [0, 0.1) is 17.6 Å². The van der Waals surface area contributed by atoms with Gasteiger partial charge in [-0.05, 0) is 49.2 Å². The van der Waals surface area contributed by atoms with E-state index < -0.39 is 33.5 Å². The molecule has 1 aliphatic heterocycles. The molecule has 1 fully saturated rings. The molecule has 1 N–H and O–H groups in total. The average Bonchev–Trinajstić information content (AvgIpc) is 2.71. The zero-order valence-electron chi connectivity index (χ0n) is 15.2. The minimum absolute atomic E-state index is 0.0177. The van der Waals surface area contributed by atoms with Crippen molar-refractivity contribution in [3.05, 3.63) is 54.1 Å². The molecule has 0 unspecified atom stereocenters. The van der Waals surface area contributed by atoms with Crippen LogP contribution in [0.5, 0.6) is 5.75 Å². The molecule has 0 aromatic heterocycles. The van der Waals surface area contributed by atoms with Crippen LogP contribution in [-0.4, -0.2) is 38.8 Å². The number of benzene rings is 2. The van der Waals surface area contributed by atoms with Crippen molar-refractivity contribution in [2.24, 2.45) is 5.92 Å². The van der Waals surface area contributed by atoms with Crippen LogP contribution in [0.2, 0.25) is 0 Å². The molecule has 2 aromatic carbocycles. The normalized spacial score (nSPS) is 17.9. The highest BCUT2D eigenvalue weighted by molar-refractivity contribution is 7.89. The Morgan fingerprint density at radius 2 is 1.86 bits per heavy atom. The third-order valence-electron chi connectivity index (χ3n) is 4.64. The number of carbonyl (C=O) groups is 1. The van der Waals surface area contributed by atoms with Crippen molar-refractivity contribution in [1.29, 1.82) is 0 Å². The lowest BCUT2D eigenvalue weighted by molar-refractivity contribution is -0.120. The largest absolute Gasteiger partial charge is 0.497 e. The van der Waals surface area contributed by atoms with E-state index in [2.05, 4.69) is 5.32 Å². The van der Waals surface area contributed by atoms with Crippen LogP contribution in [0.25, 0.3) is 0 Å². The highest BCUT2D eigenvalue weighted by atomic mass is 32.2. The zero-order valence-corrected chi connectivity index (χ0v) is 16.0. The second-order valence-corrected chi connectivity index (χ2v) is 8.43. The molecule has 0 radical (unpaired) electrons. The lowest BCUT2D eigenvalue weighted by atomic mass is 9.98. The van der Waals surface area contributed by atoms with Crippen LogP contribution in [0.15, 0.2) is 47.4 Å². The molecule has 1 aliphatic rings. The Morgan fingerprint density at radius 3 is 2.50 bits per heavy atom. The van der Waals surface area contributed by atoms with Gasteiger partial charge in [-0.1, -0.05) is 0 Å². The molecule has 0 bridgehead atoms. The highest BCUT2D eigenvalue weighted by Gasteiger charge is 2.33. The fraction of sp³-hybridized carbons (Fsp3) is 0.316. The lowest BCUT2D eigenvalue weighted by Crippen LogP contribution is -2.43. The van der Waals surface area contributed by atoms with E-state index in [4.69, 9.17) is 4.74 Å². The molecule has 6 nitrogen and oxygen atoms in total. The standard InChI is InChI=1S/C19H20F2N2O4S/c1-27-15-5-7-16(8-6-15)28(25,26)23-10-2-3-13(12-23)19(24)22-14-4-9-17(20)18(21)11-14/h4-9,11,13H,2-3,10,12H2,1H3,(H,22,24)/t13-/m1/s1. The Balaban J connectivity index is 1.71. The summed E-state index contributed by atoms with van der Waals surface area (Å²) < 4.78 is 58.3. The Hall–Kier alpha value is -2.52. The number of amides is 1. The van der Waals surface area contributed by atoms with E-state index in [1.165, 1.54) is 29.6 Å². The van der Waals surface area contributed by atoms with Gasteiger partial charge in [0.1, 0.15) is 5.75 Å². The maximum atomic E-state index is 13.3. The molecular formula is C19H20F2N2O4S. The Morgan fingerprint density at radius 1 is 1.14 bits per heavy atom. The van der Waals surface area contributed by atoms with Crippen LogP contribution < -0.4 is 10.1 Å². The van der Waals surface area contributed by atoms with E-state index in [-0.39, 0.29) is 17.1 Å². The molecule has 3 rings (SSSR count). The van der Waals surface area contributed by atoms with Gasteiger partial charge < -0.3 is 10.1 Å². The van der Waals surface area contributed by atoms with E-state index >= 15 is 0 Å². The smallest absolute Gasteiger partial charge is 0.243 e. The van der Waals surface area contributed by atoms with Crippen LogP contribution >= 0.6 is 0 Å². The summed E-state index contributed by atoms with van der Waals surface area (Å²) in [5.74, 6) is -2.55. The van der Waals surface area contributed by atoms with Gasteiger partial charge in [-0.2, -0.15) is 4.31 Å². The molecule has 1 atom stereocenters. The molecular weight excluding hydrogens is 390 g/mol. The predicted octanol–water partition coefficient (Wildman–Crippen LogP) is 3.01. The number of carbonyl (C=O) groups excluding carboxylic acids is 1. The molecule has 1 heterocycles. The van der Waals surface area contributed by atoms with Gasteiger partial charge in [0.25, 0.3) is 0 Å². The quantitative estimate of drug-likeness (QED) is 0.822. The first-order valence-corrected chi connectivity index (χ1v) is 10.2. The maximum absolute atomic E-state index is 13.3. The van der Waals surface area contributed by atoms with E-state index in [0.717, 1.165) is 12.1 Å². The molecule has 150 valence electrons. The van der Waals surface area contributed by atoms with Crippen molar-refractivity contribution in [2.45, 2.75) is 17.7 Å². The molecule has 0 saturated carbocycles. The maximum Gasteiger partial charge on any atom is 0.243 e. The number of piperidine rings is 1. The molecule has 0 spiro atoms. The third kappa shape index (κ3) is 4.31. The average molecular weight is 410 g/mol. The monoisotopic (exact) mass is 410 g/mol. The number of hydrogen-bond donors (Lipinski definition) is 1. The van der Waals surface area contributed by atoms with Crippen molar-refractivity contribution in [1.82, 2.24) is 4.31 Å². The Bertz CT molecular complexity index is 964. The second-order valence-electron chi connectivity index (χ2n) is 6.50. The number of hydrogen-bond acceptors (Lipinski definition) is 4. The van der Waals surface area contributed by atoms with E-state index in [1.54, 1.807) is 12.1 Å². The number of rotatable bonds is 5. The molecule has 1 saturated heterocycles. The number of methoxy groups -OCH3 is 1. The number of halogens is 2. The van der Waals surface area contributed by atoms with Gasteiger partial charge in [0.2, 0.25) is 15.9 Å². The second kappa shape index (κ2) is 8.24. The predicted molar refractivity (Wildman–Crippen MR) is 99.5 cm³/mol. The van der Waals surface area contributed by atoms with Crippen LogP contribution in [0.1, 0.15) is 12.8 Å².